The molecule has 1 saturated heterocycles. The second kappa shape index (κ2) is 10.9. The van der Waals surface area contributed by atoms with Crippen LogP contribution in [0.25, 0.3) is 0 Å². The summed E-state index contributed by atoms with van der Waals surface area (Å²) < 4.78 is 0. The molecule has 1 aromatic rings. The lowest BCUT2D eigenvalue weighted by Crippen LogP contribution is -2.45. The Morgan fingerprint density at radius 3 is 2.62 bits per heavy atom. The molecule has 1 fully saturated rings. The molecule has 0 aromatic heterocycles. The van der Waals surface area contributed by atoms with Gasteiger partial charge in [-0.05, 0) is 44.3 Å². The van der Waals surface area contributed by atoms with Crippen LogP contribution in [0.15, 0.2) is 29.3 Å². The van der Waals surface area contributed by atoms with E-state index in [0.717, 1.165) is 25.6 Å². The van der Waals surface area contributed by atoms with Gasteiger partial charge in [-0.3, -0.25) is 9.89 Å². The van der Waals surface area contributed by atoms with E-state index < -0.39 is 0 Å². The highest BCUT2D eigenvalue weighted by Crippen LogP contribution is 2.16. The molecule has 0 amide bonds. The zero-order valence-corrected chi connectivity index (χ0v) is 17.8. The zero-order chi connectivity index (χ0) is 16.7. The Labute approximate surface area is 164 Å². The number of halogens is 1. The third-order valence-corrected chi connectivity index (χ3v) is 4.86. The molecule has 2 unspecified atom stereocenters. The lowest BCUT2D eigenvalue weighted by molar-refractivity contribution is 0.267. The Hall–Kier alpha value is -0.820. The van der Waals surface area contributed by atoms with Crippen molar-refractivity contribution in [3.8, 4) is 0 Å². The third-order valence-electron chi connectivity index (χ3n) is 4.86. The molecule has 1 aromatic carbocycles. The molecule has 0 spiro atoms. The fourth-order valence-electron chi connectivity index (χ4n) is 3.24. The molecule has 1 heterocycles. The van der Waals surface area contributed by atoms with Crippen LogP contribution in [0.3, 0.4) is 0 Å². The summed E-state index contributed by atoms with van der Waals surface area (Å²) in [5.41, 5.74) is 2.68. The van der Waals surface area contributed by atoms with E-state index in [2.05, 4.69) is 65.6 Å². The first-order valence-corrected chi connectivity index (χ1v) is 8.89. The minimum Gasteiger partial charge on any atom is -0.356 e. The molecule has 2 atom stereocenters. The van der Waals surface area contributed by atoms with Gasteiger partial charge in [-0.25, -0.2) is 0 Å². The van der Waals surface area contributed by atoms with Gasteiger partial charge in [0.15, 0.2) is 5.96 Å². The van der Waals surface area contributed by atoms with E-state index >= 15 is 0 Å². The number of hydrogen-bond acceptors (Lipinski definition) is 2. The van der Waals surface area contributed by atoms with E-state index in [1.807, 2.05) is 7.05 Å². The molecule has 0 bridgehead atoms. The molecule has 0 aliphatic carbocycles. The summed E-state index contributed by atoms with van der Waals surface area (Å²) in [6.45, 7) is 10.9. The van der Waals surface area contributed by atoms with Crippen molar-refractivity contribution in [1.29, 1.82) is 0 Å². The van der Waals surface area contributed by atoms with E-state index in [1.165, 1.54) is 30.5 Å². The molecular formula is C19H33IN4. The Morgan fingerprint density at radius 2 is 2.00 bits per heavy atom. The van der Waals surface area contributed by atoms with Gasteiger partial charge in [-0.1, -0.05) is 43.7 Å². The van der Waals surface area contributed by atoms with Gasteiger partial charge in [-0.2, -0.15) is 0 Å². The van der Waals surface area contributed by atoms with Gasteiger partial charge in [0, 0.05) is 26.2 Å². The van der Waals surface area contributed by atoms with Crippen LogP contribution in [-0.2, 0) is 0 Å². The molecule has 136 valence electrons. The number of guanidine groups is 1. The largest absolute Gasteiger partial charge is 0.356 e. The number of aryl methyl sites for hydroxylation is 1. The van der Waals surface area contributed by atoms with Gasteiger partial charge in [0.1, 0.15) is 0 Å². The van der Waals surface area contributed by atoms with Crippen LogP contribution in [0, 0.1) is 6.92 Å². The van der Waals surface area contributed by atoms with Crippen LogP contribution in [0.2, 0.25) is 0 Å². The molecule has 1 aliphatic heterocycles. The molecule has 5 heteroatoms. The predicted molar refractivity (Wildman–Crippen MR) is 115 cm³/mol. The topological polar surface area (TPSA) is 39.7 Å². The Morgan fingerprint density at radius 1 is 1.29 bits per heavy atom. The number of hydrogen-bond donors (Lipinski definition) is 2. The van der Waals surface area contributed by atoms with Crippen LogP contribution in [0.1, 0.15) is 43.7 Å². The average molecular weight is 444 g/mol. The van der Waals surface area contributed by atoms with Crippen molar-refractivity contribution in [2.24, 2.45) is 4.99 Å². The van der Waals surface area contributed by atoms with Gasteiger partial charge in [0.25, 0.3) is 0 Å². The fraction of sp³-hybridized carbons (Fsp3) is 0.632. The summed E-state index contributed by atoms with van der Waals surface area (Å²) in [6, 6.07) is 9.44. The fourth-order valence-corrected chi connectivity index (χ4v) is 3.24. The van der Waals surface area contributed by atoms with Crippen LogP contribution in [0.4, 0.5) is 0 Å². The van der Waals surface area contributed by atoms with Crippen LogP contribution >= 0.6 is 24.0 Å². The molecule has 1 aliphatic rings. The summed E-state index contributed by atoms with van der Waals surface area (Å²) >= 11 is 0. The first-order chi connectivity index (χ1) is 11.1. The Bertz CT molecular complexity index is 501. The highest BCUT2D eigenvalue weighted by molar-refractivity contribution is 14.0. The average Bonchev–Trinajstić information content (AvgIpc) is 3.03. The molecule has 2 N–H and O–H groups in total. The second-order valence-corrected chi connectivity index (χ2v) is 6.57. The smallest absolute Gasteiger partial charge is 0.191 e. The number of likely N-dealkylation sites (N-methyl/N-ethyl adjacent to an activating group) is 1. The molecular weight excluding hydrogens is 411 g/mol. The first-order valence-electron chi connectivity index (χ1n) is 8.89. The number of likely N-dealkylation sites (tertiary alicyclic amines) is 1. The monoisotopic (exact) mass is 444 g/mol. The first kappa shape index (κ1) is 21.2. The zero-order valence-electron chi connectivity index (χ0n) is 15.5. The van der Waals surface area contributed by atoms with E-state index in [4.69, 9.17) is 0 Å². The Kier molecular flexibility index (Phi) is 9.66. The van der Waals surface area contributed by atoms with E-state index in [1.54, 1.807) is 0 Å². The maximum atomic E-state index is 4.36. The summed E-state index contributed by atoms with van der Waals surface area (Å²) in [4.78, 5) is 6.91. The molecule has 0 radical (unpaired) electrons. The van der Waals surface area contributed by atoms with Crippen molar-refractivity contribution < 1.29 is 0 Å². The second-order valence-electron chi connectivity index (χ2n) is 6.57. The number of rotatable bonds is 6. The van der Waals surface area contributed by atoms with Crippen molar-refractivity contribution >= 4 is 29.9 Å². The summed E-state index contributed by atoms with van der Waals surface area (Å²) in [6.07, 6.45) is 2.61. The highest BCUT2D eigenvalue weighted by Gasteiger charge is 2.22. The Balaban J connectivity index is 0.00000288. The summed E-state index contributed by atoms with van der Waals surface area (Å²) in [5.74, 6) is 1.37. The van der Waals surface area contributed by atoms with Crippen molar-refractivity contribution in [2.45, 2.75) is 45.6 Å². The highest BCUT2D eigenvalue weighted by atomic mass is 127. The lowest BCUT2D eigenvalue weighted by atomic mass is 10.0. The molecule has 4 nitrogen and oxygen atoms in total. The van der Waals surface area contributed by atoms with Gasteiger partial charge in [0.2, 0.25) is 0 Å². The quantitative estimate of drug-likeness (QED) is 0.402. The van der Waals surface area contributed by atoms with E-state index in [-0.39, 0.29) is 24.0 Å². The lowest BCUT2D eigenvalue weighted by Gasteiger charge is -2.24. The molecule has 0 saturated carbocycles. The van der Waals surface area contributed by atoms with E-state index in [9.17, 15) is 0 Å². The van der Waals surface area contributed by atoms with Crippen molar-refractivity contribution in [1.82, 2.24) is 15.5 Å². The number of benzene rings is 1. The van der Waals surface area contributed by atoms with Gasteiger partial charge in [-0.15, -0.1) is 24.0 Å². The standard InChI is InChI=1S/C19H32N4.HI/c1-5-23-12-6-7-18(23)14-22-19(20-4)21-13-16(3)17-10-8-15(2)9-11-17;/h8-11,16,18H,5-7,12-14H2,1-4H3,(H2,20,21,22);1H. The van der Waals surface area contributed by atoms with Crippen molar-refractivity contribution in [2.75, 3.05) is 33.2 Å². The van der Waals surface area contributed by atoms with Crippen molar-refractivity contribution in [3.05, 3.63) is 35.4 Å². The minimum absolute atomic E-state index is 0. The maximum absolute atomic E-state index is 4.36. The van der Waals surface area contributed by atoms with Gasteiger partial charge in [0.05, 0.1) is 0 Å². The van der Waals surface area contributed by atoms with Gasteiger partial charge < -0.3 is 10.6 Å². The minimum atomic E-state index is 0. The predicted octanol–water partition coefficient (Wildman–Crippen LogP) is 3.37. The van der Waals surface area contributed by atoms with Crippen LogP contribution in [0.5, 0.6) is 0 Å². The SMILES string of the molecule is CCN1CCCC1CNC(=NC)NCC(C)c1ccc(C)cc1.I. The molecule has 2 rings (SSSR count). The maximum Gasteiger partial charge on any atom is 0.191 e. The summed E-state index contributed by atoms with van der Waals surface area (Å²) in [5, 5.41) is 6.95. The number of nitrogens with one attached hydrogen (secondary N) is 2. The van der Waals surface area contributed by atoms with Crippen molar-refractivity contribution in [3.63, 3.8) is 0 Å². The molecule has 24 heavy (non-hydrogen) atoms. The normalized spacial score (nSPS) is 19.7. The number of nitrogens with zero attached hydrogens (tertiary/aromatic N) is 2. The van der Waals surface area contributed by atoms with E-state index in [0.29, 0.717) is 12.0 Å². The van der Waals surface area contributed by atoms with Gasteiger partial charge >= 0.3 is 0 Å². The summed E-state index contributed by atoms with van der Waals surface area (Å²) in [7, 11) is 1.85. The van der Waals surface area contributed by atoms with Crippen LogP contribution in [-0.4, -0.2) is 50.1 Å². The third kappa shape index (κ3) is 6.24. The van der Waals surface area contributed by atoms with Crippen LogP contribution < -0.4 is 10.6 Å². The number of aliphatic imine (C=N–C) groups is 1.